The Morgan fingerprint density at radius 1 is 1.47 bits per heavy atom. The van der Waals surface area contributed by atoms with Crippen LogP contribution >= 0.6 is 15.9 Å². The van der Waals surface area contributed by atoms with E-state index >= 15 is 0 Å². The molecule has 6 nitrogen and oxygen atoms in total. The van der Waals surface area contributed by atoms with Gasteiger partial charge in [0.15, 0.2) is 5.69 Å². The molecule has 1 aromatic heterocycles. The minimum absolute atomic E-state index is 0.196. The first-order valence-electron chi connectivity index (χ1n) is 5.44. The van der Waals surface area contributed by atoms with Gasteiger partial charge in [0.05, 0.1) is 12.8 Å². The van der Waals surface area contributed by atoms with Crippen LogP contribution in [-0.2, 0) is 7.05 Å². The number of amides is 1. The van der Waals surface area contributed by atoms with Crippen molar-refractivity contribution in [1.82, 2.24) is 9.78 Å². The Morgan fingerprint density at radius 3 is 2.79 bits per heavy atom. The summed E-state index contributed by atoms with van der Waals surface area (Å²) >= 11 is 3.34. The third kappa shape index (κ3) is 3.05. The van der Waals surface area contributed by atoms with Gasteiger partial charge in [0.1, 0.15) is 5.75 Å². The van der Waals surface area contributed by atoms with E-state index in [1.807, 2.05) is 0 Å². The summed E-state index contributed by atoms with van der Waals surface area (Å²) in [6, 6.07) is 5.27. The molecule has 2 aromatic rings. The first-order chi connectivity index (χ1) is 8.99. The summed E-state index contributed by atoms with van der Waals surface area (Å²) < 4.78 is 7.42. The summed E-state index contributed by atoms with van der Waals surface area (Å²) in [7, 11) is 3.26. The summed E-state index contributed by atoms with van der Waals surface area (Å²) in [4.78, 5) is 12.0. The van der Waals surface area contributed by atoms with E-state index in [-0.39, 0.29) is 11.6 Å². The van der Waals surface area contributed by atoms with Gasteiger partial charge in [-0.05, 0) is 12.1 Å². The van der Waals surface area contributed by atoms with E-state index in [2.05, 4.69) is 26.3 Å². The fourth-order valence-corrected chi connectivity index (χ4v) is 2.10. The van der Waals surface area contributed by atoms with Gasteiger partial charge in [0, 0.05) is 29.5 Å². The van der Waals surface area contributed by atoms with Crippen LogP contribution in [0.2, 0.25) is 0 Å². The number of rotatable bonds is 3. The Hall–Kier alpha value is -2.02. The minimum Gasteiger partial charge on any atom is -0.497 e. The van der Waals surface area contributed by atoms with Crippen molar-refractivity contribution in [3.8, 4) is 5.75 Å². The van der Waals surface area contributed by atoms with E-state index in [9.17, 15) is 4.79 Å². The number of halogens is 1. The zero-order chi connectivity index (χ0) is 14.0. The monoisotopic (exact) mass is 324 g/mol. The number of aryl methyl sites for hydroxylation is 1. The molecule has 19 heavy (non-hydrogen) atoms. The maximum atomic E-state index is 12.0. The van der Waals surface area contributed by atoms with Gasteiger partial charge in [0.2, 0.25) is 0 Å². The number of nitrogens with zero attached hydrogens (tertiary/aromatic N) is 2. The highest BCUT2D eigenvalue weighted by molar-refractivity contribution is 9.10. The third-order valence-electron chi connectivity index (χ3n) is 2.44. The fraction of sp³-hybridized carbons (Fsp3) is 0.167. The second kappa shape index (κ2) is 5.31. The standard InChI is InChI=1S/C12H13BrN4O2/c1-17-6-10(14)11(16-17)12(18)15-8-3-7(13)4-9(5-8)19-2/h3-6H,14H2,1-2H3,(H,15,18). The Kier molecular flexibility index (Phi) is 3.75. The molecule has 1 aromatic carbocycles. The number of benzene rings is 1. The van der Waals surface area contributed by atoms with Crippen LogP contribution < -0.4 is 15.8 Å². The molecule has 2 rings (SSSR count). The van der Waals surface area contributed by atoms with Crippen molar-refractivity contribution in [3.63, 3.8) is 0 Å². The first kappa shape index (κ1) is 13.4. The Balaban J connectivity index is 2.23. The van der Waals surface area contributed by atoms with Gasteiger partial charge in [-0.15, -0.1) is 0 Å². The SMILES string of the molecule is COc1cc(Br)cc(NC(=O)c2nn(C)cc2N)c1. The second-order valence-electron chi connectivity index (χ2n) is 3.94. The molecule has 1 amide bonds. The van der Waals surface area contributed by atoms with Crippen LogP contribution in [0.5, 0.6) is 5.75 Å². The fourth-order valence-electron chi connectivity index (χ4n) is 1.63. The van der Waals surface area contributed by atoms with Crippen LogP contribution in [0, 0.1) is 0 Å². The molecule has 0 bridgehead atoms. The van der Waals surface area contributed by atoms with Crippen molar-refractivity contribution in [2.24, 2.45) is 7.05 Å². The lowest BCUT2D eigenvalue weighted by Gasteiger charge is -2.07. The number of carbonyl (C=O) groups is 1. The molecule has 0 radical (unpaired) electrons. The topological polar surface area (TPSA) is 82.2 Å². The smallest absolute Gasteiger partial charge is 0.278 e. The van der Waals surface area contributed by atoms with E-state index in [0.29, 0.717) is 17.1 Å². The van der Waals surface area contributed by atoms with Crippen LogP contribution in [0.3, 0.4) is 0 Å². The van der Waals surface area contributed by atoms with Gasteiger partial charge in [-0.25, -0.2) is 0 Å². The highest BCUT2D eigenvalue weighted by Crippen LogP contribution is 2.25. The highest BCUT2D eigenvalue weighted by atomic mass is 79.9. The second-order valence-corrected chi connectivity index (χ2v) is 4.86. The molecular formula is C12H13BrN4O2. The number of nitrogens with two attached hydrogens (primary N) is 1. The summed E-state index contributed by atoms with van der Waals surface area (Å²) in [6.07, 6.45) is 1.58. The molecule has 0 saturated heterocycles. The number of aromatic nitrogens is 2. The van der Waals surface area contributed by atoms with Crippen LogP contribution in [-0.4, -0.2) is 22.8 Å². The molecule has 7 heteroatoms. The third-order valence-corrected chi connectivity index (χ3v) is 2.89. The van der Waals surface area contributed by atoms with Gasteiger partial charge in [-0.2, -0.15) is 5.10 Å². The van der Waals surface area contributed by atoms with E-state index < -0.39 is 0 Å². The molecule has 100 valence electrons. The minimum atomic E-state index is -0.363. The molecule has 0 aliphatic rings. The number of hydrogen-bond donors (Lipinski definition) is 2. The molecule has 3 N–H and O–H groups in total. The molecule has 0 saturated carbocycles. The van der Waals surface area contributed by atoms with Crippen molar-refractivity contribution in [2.45, 2.75) is 0 Å². The Morgan fingerprint density at radius 2 is 2.21 bits per heavy atom. The summed E-state index contributed by atoms with van der Waals surface area (Å²) in [5, 5.41) is 6.73. The van der Waals surface area contributed by atoms with Crippen LogP contribution in [0.15, 0.2) is 28.9 Å². The normalized spacial score (nSPS) is 10.3. The molecule has 0 atom stereocenters. The van der Waals surface area contributed by atoms with Crippen LogP contribution in [0.1, 0.15) is 10.5 Å². The highest BCUT2D eigenvalue weighted by Gasteiger charge is 2.14. The van der Waals surface area contributed by atoms with Gasteiger partial charge in [-0.1, -0.05) is 15.9 Å². The Bertz CT molecular complexity index is 624. The molecule has 1 heterocycles. The number of methoxy groups -OCH3 is 1. The lowest BCUT2D eigenvalue weighted by Crippen LogP contribution is -2.14. The van der Waals surface area contributed by atoms with Crippen molar-refractivity contribution in [2.75, 3.05) is 18.2 Å². The molecule has 0 spiro atoms. The summed E-state index contributed by atoms with van der Waals surface area (Å²) in [5.41, 5.74) is 6.83. The lowest BCUT2D eigenvalue weighted by molar-refractivity contribution is 0.102. The van der Waals surface area contributed by atoms with Crippen molar-refractivity contribution < 1.29 is 9.53 Å². The molecule has 0 unspecified atom stereocenters. The maximum absolute atomic E-state index is 12.0. The van der Waals surface area contributed by atoms with Gasteiger partial charge >= 0.3 is 0 Å². The zero-order valence-electron chi connectivity index (χ0n) is 10.5. The van der Waals surface area contributed by atoms with Crippen molar-refractivity contribution in [1.29, 1.82) is 0 Å². The molecule has 0 aliphatic heterocycles. The number of hydrogen-bond acceptors (Lipinski definition) is 4. The first-order valence-corrected chi connectivity index (χ1v) is 6.24. The lowest BCUT2D eigenvalue weighted by atomic mass is 10.3. The zero-order valence-corrected chi connectivity index (χ0v) is 12.1. The molecular weight excluding hydrogens is 312 g/mol. The van der Waals surface area contributed by atoms with Gasteiger partial charge < -0.3 is 15.8 Å². The van der Waals surface area contributed by atoms with Crippen molar-refractivity contribution in [3.05, 3.63) is 34.6 Å². The van der Waals surface area contributed by atoms with E-state index in [4.69, 9.17) is 10.5 Å². The van der Waals surface area contributed by atoms with Crippen molar-refractivity contribution >= 4 is 33.2 Å². The van der Waals surface area contributed by atoms with E-state index in [1.54, 1.807) is 38.6 Å². The number of nitrogens with one attached hydrogen (secondary N) is 1. The van der Waals surface area contributed by atoms with Gasteiger partial charge in [-0.3, -0.25) is 9.48 Å². The Labute approximate surface area is 118 Å². The average Bonchev–Trinajstić information content (AvgIpc) is 2.67. The number of ether oxygens (including phenoxy) is 1. The predicted molar refractivity (Wildman–Crippen MR) is 76.3 cm³/mol. The quantitative estimate of drug-likeness (QED) is 0.905. The molecule has 0 aliphatic carbocycles. The average molecular weight is 325 g/mol. The van der Waals surface area contributed by atoms with E-state index in [1.165, 1.54) is 4.68 Å². The van der Waals surface area contributed by atoms with Crippen LogP contribution in [0.4, 0.5) is 11.4 Å². The summed E-state index contributed by atoms with van der Waals surface area (Å²) in [5.74, 6) is 0.275. The van der Waals surface area contributed by atoms with E-state index in [0.717, 1.165) is 4.47 Å². The van der Waals surface area contributed by atoms with Crippen LogP contribution in [0.25, 0.3) is 0 Å². The van der Waals surface area contributed by atoms with Gasteiger partial charge in [0.25, 0.3) is 5.91 Å². The summed E-state index contributed by atoms with van der Waals surface area (Å²) in [6.45, 7) is 0. The largest absolute Gasteiger partial charge is 0.497 e. The number of carbonyl (C=O) groups excluding carboxylic acids is 1. The predicted octanol–water partition coefficient (Wildman–Crippen LogP) is 2.03. The molecule has 0 fully saturated rings. The maximum Gasteiger partial charge on any atom is 0.278 e. The number of nitrogen functional groups attached to an aromatic ring is 1. The number of anilines is 2.